The van der Waals surface area contributed by atoms with Gasteiger partial charge in [-0.05, 0) is 79.5 Å². The van der Waals surface area contributed by atoms with E-state index in [2.05, 4.69) is 0 Å². The summed E-state index contributed by atoms with van der Waals surface area (Å²) in [6, 6.07) is 9.74. The van der Waals surface area contributed by atoms with Gasteiger partial charge in [0.15, 0.2) is 11.9 Å². The lowest BCUT2D eigenvalue weighted by atomic mass is 9.74. The summed E-state index contributed by atoms with van der Waals surface area (Å²) in [6.45, 7) is 14.1. The van der Waals surface area contributed by atoms with Crippen LogP contribution in [0.4, 0.5) is 4.79 Å². The molecule has 4 aliphatic heterocycles. The van der Waals surface area contributed by atoms with Crippen LogP contribution in [0.1, 0.15) is 86.6 Å². The van der Waals surface area contributed by atoms with Gasteiger partial charge in [0.05, 0.1) is 55.7 Å². The molecule has 14 heteroatoms. The Bertz CT molecular complexity index is 1530. The topological polar surface area (TPSA) is 174 Å². The summed E-state index contributed by atoms with van der Waals surface area (Å²) in [5.74, 6) is -4.43. The van der Waals surface area contributed by atoms with Gasteiger partial charge in [0.1, 0.15) is 23.6 Å². The van der Waals surface area contributed by atoms with Gasteiger partial charge < -0.3 is 53.5 Å². The van der Waals surface area contributed by atoms with Crippen LogP contribution in [0.25, 0.3) is 0 Å². The summed E-state index contributed by atoms with van der Waals surface area (Å²) < 4.78 is 39.0. The lowest BCUT2D eigenvalue weighted by Crippen LogP contribution is -2.60. The molecule has 1 aromatic carbocycles. The number of Topliss-reactive ketones (excluding diaryl/α,β-unsaturated/α-hetero) is 1. The maximum atomic E-state index is 14.2. The summed E-state index contributed by atoms with van der Waals surface area (Å²) in [4.78, 5) is 45.6. The maximum Gasteiger partial charge on any atom is 0.410 e. The fourth-order valence-corrected chi connectivity index (χ4v) is 9.53. The van der Waals surface area contributed by atoms with Gasteiger partial charge in [0, 0.05) is 30.3 Å². The van der Waals surface area contributed by atoms with Crippen LogP contribution in [0.2, 0.25) is 0 Å². The lowest BCUT2D eigenvalue weighted by molar-refractivity contribution is -0.303. The van der Waals surface area contributed by atoms with Crippen molar-refractivity contribution in [2.24, 2.45) is 23.7 Å². The van der Waals surface area contributed by atoms with Crippen LogP contribution in [0.3, 0.4) is 0 Å². The Morgan fingerprint density at radius 1 is 0.982 bits per heavy atom. The first kappa shape index (κ1) is 45.4. The summed E-state index contributed by atoms with van der Waals surface area (Å²) in [5.41, 5.74) is -3.42. The molecule has 15 atom stereocenters. The molecule has 57 heavy (non-hydrogen) atoms. The van der Waals surface area contributed by atoms with E-state index in [1.54, 1.807) is 32.6 Å². The molecule has 2 bridgehead atoms. The number of carbonyl (C=O) groups is 3. The number of ether oxygens (including phenoxy) is 6. The number of aliphatic hydroxyl groups is 3. The molecule has 1 spiro atoms. The van der Waals surface area contributed by atoms with Crippen LogP contribution in [-0.2, 0) is 44.4 Å². The van der Waals surface area contributed by atoms with E-state index in [9.17, 15) is 29.7 Å². The van der Waals surface area contributed by atoms with Crippen molar-refractivity contribution in [1.29, 1.82) is 0 Å². The highest BCUT2D eigenvalue weighted by Crippen LogP contribution is 2.42. The third kappa shape index (κ3) is 9.86. The first-order chi connectivity index (χ1) is 26.7. The van der Waals surface area contributed by atoms with Crippen LogP contribution in [0, 0.1) is 23.7 Å². The number of nitrogens with zero attached hydrogens (tertiary/aromatic N) is 2. The molecule has 1 aromatic rings. The van der Waals surface area contributed by atoms with E-state index in [0.717, 1.165) is 12.0 Å². The fraction of sp³-hybridized carbons (Fsp3) is 0.791. The Labute approximate surface area is 338 Å². The molecule has 14 nitrogen and oxygen atoms in total. The van der Waals surface area contributed by atoms with Crippen molar-refractivity contribution < 1.29 is 58.1 Å². The Morgan fingerprint density at radius 3 is 2.32 bits per heavy atom. The van der Waals surface area contributed by atoms with Gasteiger partial charge in [0.2, 0.25) is 0 Å². The minimum atomic E-state index is -1.95. The molecule has 0 aromatic heterocycles. The highest BCUT2D eigenvalue weighted by Gasteiger charge is 2.56. The van der Waals surface area contributed by atoms with Gasteiger partial charge in [-0.25, -0.2) is 4.79 Å². The first-order valence-electron chi connectivity index (χ1n) is 20.8. The number of benzene rings is 1. The van der Waals surface area contributed by atoms with Crippen LogP contribution in [0.15, 0.2) is 30.3 Å². The second kappa shape index (κ2) is 18.3. The minimum absolute atomic E-state index is 0.0725. The van der Waals surface area contributed by atoms with Crippen LogP contribution < -0.4 is 0 Å². The van der Waals surface area contributed by atoms with E-state index in [1.807, 2.05) is 70.1 Å². The zero-order chi connectivity index (χ0) is 42.0. The number of aliphatic hydroxyl groups excluding tert-OH is 2. The predicted molar refractivity (Wildman–Crippen MR) is 210 cm³/mol. The van der Waals surface area contributed by atoms with Crippen molar-refractivity contribution >= 4 is 17.8 Å². The quantitative estimate of drug-likeness (QED) is 0.325. The molecule has 1 amide bonds. The Kier molecular flexibility index (Phi) is 14.6. The molecule has 0 radical (unpaired) electrons. The smallest absolute Gasteiger partial charge is 0.410 e. The normalized spacial score (nSPS) is 42.6. The first-order valence-corrected chi connectivity index (χ1v) is 20.8. The average Bonchev–Trinajstić information content (AvgIpc) is 3.50. The molecule has 4 fully saturated rings. The highest BCUT2D eigenvalue weighted by molar-refractivity contribution is 5.83. The molecule has 4 heterocycles. The monoisotopic (exact) mass is 804 g/mol. The largest absolute Gasteiger partial charge is 0.459 e. The zero-order valence-electron chi connectivity index (χ0n) is 35.6. The van der Waals surface area contributed by atoms with E-state index in [4.69, 9.17) is 28.4 Å². The molecule has 5 rings (SSSR count). The van der Waals surface area contributed by atoms with Gasteiger partial charge in [-0.2, -0.15) is 0 Å². The number of hydrogen-bond acceptors (Lipinski definition) is 13. The molecule has 0 aliphatic carbocycles. The Morgan fingerprint density at radius 2 is 1.67 bits per heavy atom. The van der Waals surface area contributed by atoms with Crippen LogP contribution >= 0.6 is 0 Å². The highest BCUT2D eigenvalue weighted by atomic mass is 16.7. The van der Waals surface area contributed by atoms with Gasteiger partial charge in [-0.1, -0.05) is 58.0 Å². The number of ketones is 1. The number of hydrogen-bond donors (Lipinski definition) is 3. The molecule has 4 aliphatic rings. The summed E-state index contributed by atoms with van der Waals surface area (Å²) in [5, 5.41) is 34.8. The molecular weight excluding hydrogens is 736 g/mol. The fourth-order valence-electron chi connectivity index (χ4n) is 9.53. The average molecular weight is 805 g/mol. The number of amides is 1. The summed E-state index contributed by atoms with van der Waals surface area (Å²) in [6.07, 6.45) is -5.25. The van der Waals surface area contributed by atoms with Crippen molar-refractivity contribution in [3.8, 4) is 0 Å². The Balaban J connectivity index is 1.57. The molecular formula is C43H68N2O12. The van der Waals surface area contributed by atoms with E-state index in [1.165, 1.54) is 6.92 Å². The number of esters is 1. The van der Waals surface area contributed by atoms with Crippen LogP contribution in [-0.4, -0.2) is 149 Å². The van der Waals surface area contributed by atoms with Crippen molar-refractivity contribution in [3.63, 3.8) is 0 Å². The van der Waals surface area contributed by atoms with Crippen LogP contribution in [0.5, 0.6) is 0 Å². The van der Waals surface area contributed by atoms with E-state index < -0.39 is 89.3 Å². The number of aryl methyl sites for hydroxylation is 1. The van der Waals surface area contributed by atoms with Crippen molar-refractivity contribution in [3.05, 3.63) is 35.9 Å². The van der Waals surface area contributed by atoms with Gasteiger partial charge in [0.25, 0.3) is 0 Å². The third-order valence-corrected chi connectivity index (χ3v) is 13.0. The third-order valence-electron chi connectivity index (χ3n) is 13.0. The minimum Gasteiger partial charge on any atom is -0.459 e. The lowest BCUT2D eigenvalue weighted by Gasteiger charge is -2.48. The number of rotatable bonds is 8. The van der Waals surface area contributed by atoms with Crippen molar-refractivity contribution in [1.82, 2.24) is 9.80 Å². The molecule has 3 N–H and O–H groups in total. The number of fused-ring (bicyclic) bond motifs is 3. The zero-order valence-corrected chi connectivity index (χ0v) is 35.6. The Hall–Kier alpha value is -2.69. The van der Waals surface area contributed by atoms with E-state index in [-0.39, 0.29) is 50.5 Å². The number of carbonyl (C=O) groups excluding carboxylic acids is 3. The standard InChI is InChI=1S/C43H68N2O12/c1-11-32-42(8,51)36(48)27(4)33(46)25(2)21-41(7)37(56-39-34(47)31(44(9)10)20-26(3)54-39)28(5)35(29(6)38(49)55-32)52-23-43(24-53-41)22-45(40(50)57-43)19-15-18-30-16-13-12-14-17-30/h12-14,16-17,25-29,31-32,34-37,39,47-48,51H,11,15,18-24H2,1-10H3/t25-,26-,27+,28+,29-,31+,32-,34-,35+,36-,37-,39-,41-,42-,43?/m1/s1. The molecule has 322 valence electrons. The van der Waals surface area contributed by atoms with Crippen molar-refractivity contribution in [2.75, 3.05) is 40.4 Å². The summed E-state index contributed by atoms with van der Waals surface area (Å²) >= 11 is 0. The SMILES string of the molecule is CC[C@H]1OC(=O)[C@H](C)[C@H]2OCC3(CO[C@](C)(C[C@@H](C)C(=O)[C@H](C)[C@@H](O)[C@]1(C)O)[C@H](O[C@H]1O[C@H](C)C[C@H](N(C)C)[C@H]1O)[C@H]2C)CN(CCCc1ccccc1)C(=O)O3. The second-order valence-corrected chi connectivity index (χ2v) is 18.0. The van der Waals surface area contributed by atoms with Crippen molar-refractivity contribution in [2.45, 2.75) is 153 Å². The summed E-state index contributed by atoms with van der Waals surface area (Å²) in [7, 11) is 3.77. The number of likely N-dealkylation sites (N-methyl/N-ethyl adjacent to an activating group) is 1. The molecule has 1 unspecified atom stereocenters. The second-order valence-electron chi connectivity index (χ2n) is 18.0. The van der Waals surface area contributed by atoms with Gasteiger partial charge in [-0.15, -0.1) is 0 Å². The maximum absolute atomic E-state index is 14.2. The number of cyclic esters (lactones) is 1. The van der Waals surface area contributed by atoms with E-state index in [0.29, 0.717) is 19.4 Å². The van der Waals surface area contributed by atoms with Gasteiger partial charge in [-0.3, -0.25) is 9.59 Å². The molecule has 4 saturated heterocycles. The molecule has 0 saturated carbocycles. The van der Waals surface area contributed by atoms with E-state index >= 15 is 0 Å². The predicted octanol–water partition coefficient (Wildman–Crippen LogP) is 3.75. The van der Waals surface area contributed by atoms with Gasteiger partial charge >= 0.3 is 12.1 Å².